The summed E-state index contributed by atoms with van der Waals surface area (Å²) >= 11 is 36.8. The van der Waals surface area contributed by atoms with Gasteiger partial charge < -0.3 is 10.2 Å². The van der Waals surface area contributed by atoms with Gasteiger partial charge in [-0.25, -0.2) is 0 Å². The molecule has 0 unspecified atom stereocenters. The fourth-order valence-electron chi connectivity index (χ4n) is 3.15. The summed E-state index contributed by atoms with van der Waals surface area (Å²) in [4.78, 5) is 22.3. The minimum absolute atomic E-state index is 0.00572. The first-order valence-electron chi connectivity index (χ1n) is 9.05. The maximum atomic E-state index is 11.5. The molecule has 0 saturated heterocycles. The molecule has 0 bridgehead atoms. The highest BCUT2D eigenvalue weighted by Gasteiger charge is 2.36. The number of hydrogen-bond acceptors (Lipinski definition) is 8. The highest BCUT2D eigenvalue weighted by atomic mass is 35.6. The number of aliphatic hydroxyl groups excluding tert-OH is 2. The van der Waals surface area contributed by atoms with E-state index in [0.717, 1.165) is 21.6 Å². The molecule has 0 amide bonds. The molecule has 0 aromatic heterocycles. The van der Waals surface area contributed by atoms with Gasteiger partial charge in [-0.05, 0) is 12.1 Å². The standard InChI is InChI=1S/C18H14Cl6N2O6S2/c19-17(20,21)15-9(5-7-27)11(25(29)30)1-3-13(15)33-34-14-4-2-12(26(31)32)10(6-8-28)16(14)18(22,23)24/h1-4,27-28H,5-8H2. The van der Waals surface area contributed by atoms with Gasteiger partial charge in [0.15, 0.2) is 0 Å². The normalized spacial score (nSPS) is 12.1. The number of halogens is 6. The van der Waals surface area contributed by atoms with Gasteiger partial charge in [-0.2, -0.15) is 0 Å². The van der Waals surface area contributed by atoms with Crippen molar-refractivity contribution in [2.45, 2.75) is 30.2 Å². The smallest absolute Gasteiger partial charge is 0.273 e. The number of nitrogens with zero attached hydrogens (tertiary/aromatic N) is 2. The Morgan fingerprint density at radius 2 is 1.03 bits per heavy atom. The van der Waals surface area contributed by atoms with Crippen LogP contribution in [-0.2, 0) is 20.4 Å². The van der Waals surface area contributed by atoms with E-state index in [4.69, 9.17) is 69.6 Å². The Labute approximate surface area is 231 Å². The third kappa shape index (κ3) is 7.09. The van der Waals surface area contributed by atoms with E-state index in [1.54, 1.807) is 0 Å². The van der Waals surface area contributed by atoms with E-state index < -0.39 is 30.6 Å². The predicted molar refractivity (Wildman–Crippen MR) is 138 cm³/mol. The molecule has 0 saturated carbocycles. The van der Waals surface area contributed by atoms with Crippen LogP contribution in [0.5, 0.6) is 0 Å². The number of alkyl halides is 6. The summed E-state index contributed by atoms with van der Waals surface area (Å²) in [6.07, 6.45) is -0.285. The Morgan fingerprint density at radius 1 is 0.706 bits per heavy atom. The lowest BCUT2D eigenvalue weighted by molar-refractivity contribution is -0.385. The minimum atomic E-state index is -2.07. The van der Waals surface area contributed by atoms with Gasteiger partial charge in [0.05, 0.1) is 9.85 Å². The summed E-state index contributed by atoms with van der Waals surface area (Å²) in [6.45, 7) is -0.861. The number of hydrogen-bond donors (Lipinski definition) is 2. The molecule has 8 nitrogen and oxygen atoms in total. The summed E-state index contributed by atoms with van der Waals surface area (Å²) < 4.78 is -4.15. The van der Waals surface area contributed by atoms with Crippen molar-refractivity contribution in [2.24, 2.45) is 0 Å². The Balaban J connectivity index is 2.65. The van der Waals surface area contributed by atoms with E-state index in [0.29, 0.717) is 9.79 Å². The summed E-state index contributed by atoms with van der Waals surface area (Å²) in [5.41, 5.74) is -0.550. The maximum Gasteiger partial charge on any atom is 0.273 e. The third-order valence-electron chi connectivity index (χ3n) is 4.41. The average molecular weight is 631 g/mol. The van der Waals surface area contributed by atoms with Crippen LogP contribution >= 0.6 is 91.2 Å². The maximum absolute atomic E-state index is 11.5. The quantitative estimate of drug-likeness (QED) is 0.131. The van der Waals surface area contributed by atoms with Crippen molar-refractivity contribution in [1.29, 1.82) is 0 Å². The van der Waals surface area contributed by atoms with Gasteiger partial charge in [-0.15, -0.1) is 0 Å². The topological polar surface area (TPSA) is 127 Å². The second-order valence-corrected chi connectivity index (χ2v) is 13.3. The Morgan fingerprint density at radius 3 is 1.26 bits per heavy atom. The van der Waals surface area contributed by atoms with Crippen molar-refractivity contribution in [3.05, 3.63) is 66.7 Å². The van der Waals surface area contributed by atoms with Crippen LogP contribution in [0.15, 0.2) is 34.1 Å². The molecule has 2 aromatic rings. The van der Waals surface area contributed by atoms with Crippen molar-refractivity contribution in [1.82, 2.24) is 0 Å². The van der Waals surface area contributed by atoms with Gasteiger partial charge >= 0.3 is 0 Å². The number of nitro groups is 2. The van der Waals surface area contributed by atoms with Crippen LogP contribution in [0.4, 0.5) is 11.4 Å². The van der Waals surface area contributed by atoms with Gasteiger partial charge in [0.2, 0.25) is 7.59 Å². The molecular formula is C18H14Cl6N2O6S2. The molecule has 0 spiro atoms. The fourth-order valence-corrected chi connectivity index (χ4v) is 7.30. The molecule has 2 aromatic carbocycles. The van der Waals surface area contributed by atoms with E-state index in [1.165, 1.54) is 24.3 Å². The second kappa shape index (κ2) is 12.2. The Bertz CT molecular complexity index is 1010. The zero-order valence-electron chi connectivity index (χ0n) is 16.6. The van der Waals surface area contributed by atoms with E-state index >= 15 is 0 Å². The van der Waals surface area contributed by atoms with Crippen LogP contribution in [0.25, 0.3) is 0 Å². The number of rotatable bonds is 9. The molecule has 16 heteroatoms. The van der Waals surface area contributed by atoms with Gasteiger partial charge in [0, 0.05) is 70.2 Å². The molecule has 0 atom stereocenters. The number of nitro benzene ring substituents is 2. The molecule has 0 heterocycles. The number of aliphatic hydroxyl groups is 2. The van der Waals surface area contributed by atoms with Crippen LogP contribution in [0.3, 0.4) is 0 Å². The molecule has 0 aliphatic heterocycles. The molecule has 0 radical (unpaired) electrons. The summed E-state index contributed by atoms with van der Waals surface area (Å²) in [6, 6.07) is 5.19. The lowest BCUT2D eigenvalue weighted by Crippen LogP contribution is -2.12. The fraction of sp³-hybridized carbons (Fsp3) is 0.333. The molecule has 2 rings (SSSR count). The van der Waals surface area contributed by atoms with E-state index in [2.05, 4.69) is 0 Å². The SMILES string of the molecule is O=[N+]([O-])c1ccc(SSc2ccc([N+](=O)[O-])c(CCO)c2C(Cl)(Cl)Cl)c(C(Cl)(Cl)Cl)c1CCO. The third-order valence-corrected chi connectivity index (χ3v) is 7.99. The van der Waals surface area contributed by atoms with Gasteiger partial charge in [0.1, 0.15) is 0 Å². The molecule has 186 valence electrons. The van der Waals surface area contributed by atoms with Crippen molar-refractivity contribution in [2.75, 3.05) is 13.2 Å². The largest absolute Gasteiger partial charge is 0.396 e. The molecule has 0 aliphatic carbocycles. The lowest BCUT2D eigenvalue weighted by atomic mass is 10.0. The first-order chi connectivity index (χ1) is 15.7. The highest BCUT2D eigenvalue weighted by Crippen LogP contribution is 2.54. The van der Waals surface area contributed by atoms with Crippen molar-refractivity contribution in [3.63, 3.8) is 0 Å². The first-order valence-corrected chi connectivity index (χ1v) is 13.5. The highest BCUT2D eigenvalue weighted by molar-refractivity contribution is 8.76. The van der Waals surface area contributed by atoms with Crippen molar-refractivity contribution >= 4 is 103 Å². The first kappa shape index (κ1) is 29.8. The Hall–Kier alpha value is -0.400. The van der Waals surface area contributed by atoms with Gasteiger partial charge in [-0.3, -0.25) is 20.2 Å². The van der Waals surface area contributed by atoms with E-state index in [-0.39, 0.29) is 46.5 Å². The van der Waals surface area contributed by atoms with Crippen molar-refractivity contribution < 1.29 is 20.1 Å². The van der Waals surface area contributed by atoms with E-state index in [1.807, 2.05) is 0 Å². The molecule has 0 fully saturated rings. The number of benzene rings is 2. The molecular weight excluding hydrogens is 617 g/mol. The Kier molecular flexibility index (Phi) is 10.7. The summed E-state index contributed by atoms with van der Waals surface area (Å²) in [5, 5.41) is 41.8. The van der Waals surface area contributed by atoms with Crippen LogP contribution in [0.1, 0.15) is 22.3 Å². The lowest BCUT2D eigenvalue weighted by Gasteiger charge is -2.22. The second-order valence-electron chi connectivity index (χ2n) is 6.50. The molecule has 34 heavy (non-hydrogen) atoms. The zero-order valence-corrected chi connectivity index (χ0v) is 22.8. The zero-order chi connectivity index (χ0) is 25.8. The van der Waals surface area contributed by atoms with Crippen LogP contribution in [0, 0.1) is 20.2 Å². The summed E-state index contributed by atoms with van der Waals surface area (Å²) in [5.74, 6) is 0. The van der Waals surface area contributed by atoms with Gasteiger partial charge in [-0.1, -0.05) is 91.2 Å². The average Bonchev–Trinajstić information content (AvgIpc) is 2.70. The monoisotopic (exact) mass is 628 g/mol. The van der Waals surface area contributed by atoms with Crippen LogP contribution in [0.2, 0.25) is 0 Å². The summed E-state index contributed by atoms with van der Waals surface area (Å²) in [7, 11) is 2.02. The van der Waals surface area contributed by atoms with E-state index in [9.17, 15) is 30.4 Å². The predicted octanol–water partition coefficient (Wildman–Crippen LogP) is 7.03. The van der Waals surface area contributed by atoms with Crippen LogP contribution < -0.4 is 0 Å². The minimum Gasteiger partial charge on any atom is -0.396 e. The van der Waals surface area contributed by atoms with Crippen molar-refractivity contribution in [3.8, 4) is 0 Å². The van der Waals surface area contributed by atoms with Crippen LogP contribution in [-0.4, -0.2) is 33.3 Å². The molecule has 0 aliphatic rings. The van der Waals surface area contributed by atoms with Gasteiger partial charge in [0.25, 0.3) is 11.4 Å². The molecule has 2 N–H and O–H groups in total.